The van der Waals surface area contributed by atoms with Crippen molar-refractivity contribution in [1.82, 2.24) is 5.32 Å². The van der Waals surface area contributed by atoms with Crippen LogP contribution in [0.5, 0.6) is 28.7 Å². The number of methoxy groups -OCH3 is 4. The van der Waals surface area contributed by atoms with E-state index in [1.807, 2.05) is 6.92 Å². The minimum atomic E-state index is -4.19. The summed E-state index contributed by atoms with van der Waals surface area (Å²) in [7, 11) is 1.75. The van der Waals surface area contributed by atoms with Gasteiger partial charge in [0.15, 0.2) is 23.0 Å². The van der Waals surface area contributed by atoms with Crippen LogP contribution in [0.15, 0.2) is 65.6 Å². The molecule has 0 heterocycles. The summed E-state index contributed by atoms with van der Waals surface area (Å²) >= 11 is 0. The average Bonchev–Trinajstić information content (AvgIpc) is 2.95. The van der Waals surface area contributed by atoms with E-state index in [0.29, 0.717) is 35.3 Å². The fourth-order valence-corrected chi connectivity index (χ4v) is 5.35. The minimum absolute atomic E-state index is 0.0604. The van der Waals surface area contributed by atoms with Crippen molar-refractivity contribution in [2.45, 2.75) is 24.8 Å². The van der Waals surface area contributed by atoms with E-state index in [0.717, 1.165) is 9.87 Å². The van der Waals surface area contributed by atoms with Gasteiger partial charge in [-0.05, 0) is 67.9 Å². The molecular weight excluding hydrogens is 524 g/mol. The number of carbonyl (C=O) groups excluding carboxylic acids is 1. The lowest BCUT2D eigenvalue weighted by Crippen LogP contribution is -2.41. The molecule has 0 saturated heterocycles. The molecule has 11 heteroatoms. The first-order valence-corrected chi connectivity index (χ1v) is 13.6. The van der Waals surface area contributed by atoms with Gasteiger partial charge < -0.3 is 29.0 Å². The van der Waals surface area contributed by atoms with E-state index in [-0.39, 0.29) is 10.6 Å². The number of anilines is 1. The van der Waals surface area contributed by atoms with Crippen molar-refractivity contribution in [2.24, 2.45) is 0 Å². The second-order valence-electron chi connectivity index (χ2n) is 8.36. The van der Waals surface area contributed by atoms with Crippen molar-refractivity contribution in [2.75, 3.05) is 45.9 Å². The van der Waals surface area contributed by atoms with E-state index in [1.54, 1.807) is 49.4 Å². The Kier molecular flexibility index (Phi) is 9.89. The number of hydrogen-bond acceptors (Lipinski definition) is 8. The summed E-state index contributed by atoms with van der Waals surface area (Å²) in [6.45, 7) is 3.64. The zero-order valence-corrected chi connectivity index (χ0v) is 23.7. The second-order valence-corrected chi connectivity index (χ2v) is 10.2. The van der Waals surface area contributed by atoms with E-state index >= 15 is 0 Å². The summed E-state index contributed by atoms with van der Waals surface area (Å²) in [4.78, 5) is 13.2. The number of carbonyl (C=O) groups is 1. The van der Waals surface area contributed by atoms with Gasteiger partial charge in [0, 0.05) is 6.07 Å². The highest BCUT2D eigenvalue weighted by Crippen LogP contribution is 2.33. The Morgan fingerprint density at radius 1 is 0.821 bits per heavy atom. The van der Waals surface area contributed by atoms with Gasteiger partial charge in [-0.2, -0.15) is 0 Å². The van der Waals surface area contributed by atoms with E-state index in [9.17, 15) is 13.2 Å². The number of nitrogens with one attached hydrogen (secondary N) is 1. The van der Waals surface area contributed by atoms with Crippen molar-refractivity contribution in [3.8, 4) is 28.7 Å². The Labute approximate surface area is 229 Å². The minimum Gasteiger partial charge on any atom is -0.494 e. The van der Waals surface area contributed by atoms with Crippen LogP contribution in [0.4, 0.5) is 5.69 Å². The molecule has 0 spiro atoms. The quantitative estimate of drug-likeness (QED) is 0.332. The number of ether oxygens (including phenoxy) is 5. The normalized spacial score (nSPS) is 11.7. The van der Waals surface area contributed by atoms with Gasteiger partial charge in [-0.1, -0.05) is 6.07 Å². The molecule has 0 fully saturated rings. The zero-order chi connectivity index (χ0) is 28.6. The molecule has 3 aromatic carbocycles. The van der Waals surface area contributed by atoms with Crippen molar-refractivity contribution in [1.29, 1.82) is 0 Å². The average molecular weight is 559 g/mol. The molecule has 0 aliphatic heterocycles. The number of nitrogens with zero attached hydrogens (tertiary/aromatic N) is 1. The Morgan fingerprint density at radius 3 is 1.95 bits per heavy atom. The molecule has 1 atom stereocenters. The molecule has 0 bridgehead atoms. The topological polar surface area (TPSA) is 113 Å². The summed E-state index contributed by atoms with van der Waals surface area (Å²) in [5.74, 6) is 1.78. The Bertz CT molecular complexity index is 1380. The molecule has 10 nitrogen and oxygen atoms in total. The lowest BCUT2D eigenvalue weighted by atomic mass is 10.1. The van der Waals surface area contributed by atoms with Crippen LogP contribution in [0.1, 0.15) is 25.5 Å². The maximum atomic E-state index is 13.8. The van der Waals surface area contributed by atoms with Crippen molar-refractivity contribution < 1.29 is 36.9 Å². The lowest BCUT2D eigenvalue weighted by Gasteiger charge is -2.26. The van der Waals surface area contributed by atoms with Crippen LogP contribution in [0, 0.1) is 0 Å². The fraction of sp³-hybridized carbons (Fsp3) is 0.321. The van der Waals surface area contributed by atoms with Crippen LogP contribution in [0.2, 0.25) is 0 Å². The monoisotopic (exact) mass is 558 g/mol. The molecule has 0 aromatic heterocycles. The first kappa shape index (κ1) is 29.4. The first-order chi connectivity index (χ1) is 18.7. The maximum Gasteiger partial charge on any atom is 0.264 e. The van der Waals surface area contributed by atoms with E-state index < -0.39 is 28.5 Å². The van der Waals surface area contributed by atoms with Gasteiger partial charge in [-0.25, -0.2) is 8.42 Å². The highest BCUT2D eigenvalue weighted by molar-refractivity contribution is 7.92. The van der Waals surface area contributed by atoms with Crippen LogP contribution < -0.4 is 33.3 Å². The van der Waals surface area contributed by atoms with Crippen molar-refractivity contribution in [3.63, 3.8) is 0 Å². The highest BCUT2D eigenvalue weighted by Gasteiger charge is 2.29. The van der Waals surface area contributed by atoms with E-state index in [2.05, 4.69) is 5.32 Å². The maximum absolute atomic E-state index is 13.8. The lowest BCUT2D eigenvalue weighted by molar-refractivity contribution is -0.120. The van der Waals surface area contributed by atoms with Gasteiger partial charge in [-0.15, -0.1) is 0 Å². The first-order valence-electron chi connectivity index (χ1n) is 12.2. The summed E-state index contributed by atoms with van der Waals surface area (Å²) in [6.07, 6.45) is 0. The number of amides is 1. The largest absolute Gasteiger partial charge is 0.494 e. The SMILES string of the molecule is CCOc1ccc(N(CC(=O)N[C@@H](C)c2ccc(OC)c(OC)c2)S(=O)(=O)c2ccc(OC)c(OC)c2)cc1. The molecule has 0 aliphatic carbocycles. The predicted octanol–water partition coefficient (Wildman–Crippen LogP) is 4.19. The molecule has 1 N–H and O–H groups in total. The Balaban J connectivity index is 1.94. The van der Waals surface area contributed by atoms with Crippen LogP contribution >= 0.6 is 0 Å². The molecular formula is C28H34N2O8S. The smallest absolute Gasteiger partial charge is 0.264 e. The van der Waals surface area contributed by atoms with Gasteiger partial charge in [0.05, 0.1) is 51.7 Å². The third-order valence-corrected chi connectivity index (χ3v) is 7.72. The van der Waals surface area contributed by atoms with Crippen LogP contribution in [-0.4, -0.2) is 55.9 Å². The molecule has 0 aliphatic rings. The van der Waals surface area contributed by atoms with Gasteiger partial charge >= 0.3 is 0 Å². The van der Waals surface area contributed by atoms with E-state index in [1.165, 1.54) is 46.6 Å². The summed E-state index contributed by atoms with van der Waals surface area (Å²) in [5, 5.41) is 2.87. The van der Waals surface area contributed by atoms with Crippen LogP contribution in [0.3, 0.4) is 0 Å². The van der Waals surface area contributed by atoms with Crippen LogP contribution in [0.25, 0.3) is 0 Å². The van der Waals surface area contributed by atoms with E-state index in [4.69, 9.17) is 23.7 Å². The molecule has 39 heavy (non-hydrogen) atoms. The molecule has 0 unspecified atom stereocenters. The molecule has 0 radical (unpaired) electrons. The molecule has 3 rings (SSSR count). The number of benzene rings is 3. The molecule has 3 aromatic rings. The van der Waals surface area contributed by atoms with Crippen molar-refractivity contribution >= 4 is 21.6 Å². The third kappa shape index (κ3) is 6.85. The Hall–Kier alpha value is -4.12. The summed E-state index contributed by atoms with van der Waals surface area (Å²) in [5.41, 5.74) is 1.05. The Morgan fingerprint density at radius 2 is 1.38 bits per heavy atom. The second kappa shape index (κ2) is 13.1. The zero-order valence-electron chi connectivity index (χ0n) is 22.9. The summed E-state index contributed by atoms with van der Waals surface area (Å²) < 4.78 is 55.4. The number of sulfonamides is 1. The summed E-state index contributed by atoms with van der Waals surface area (Å²) in [6, 6.07) is 15.6. The van der Waals surface area contributed by atoms with Crippen LogP contribution in [-0.2, 0) is 14.8 Å². The van der Waals surface area contributed by atoms with Gasteiger partial charge in [0.2, 0.25) is 5.91 Å². The number of rotatable bonds is 13. The van der Waals surface area contributed by atoms with Crippen molar-refractivity contribution in [3.05, 3.63) is 66.2 Å². The van der Waals surface area contributed by atoms with Gasteiger partial charge in [-0.3, -0.25) is 9.10 Å². The fourth-order valence-electron chi connectivity index (χ4n) is 3.92. The predicted molar refractivity (Wildman–Crippen MR) is 148 cm³/mol. The van der Waals surface area contributed by atoms with Gasteiger partial charge in [0.25, 0.3) is 10.0 Å². The highest BCUT2D eigenvalue weighted by atomic mass is 32.2. The molecule has 210 valence electrons. The standard InChI is InChI=1S/C28H34N2O8S/c1-7-38-22-11-9-21(10-12-22)30(39(32,33)23-13-15-25(35-4)27(17-23)37-6)18-28(31)29-19(2)20-8-14-24(34-3)26(16-20)36-5/h8-17,19H,7,18H2,1-6H3,(H,29,31)/t19-/m0/s1. The molecule has 1 amide bonds. The van der Waals surface area contributed by atoms with Gasteiger partial charge in [0.1, 0.15) is 12.3 Å². The third-order valence-electron chi connectivity index (χ3n) is 5.95. The number of hydrogen-bond donors (Lipinski definition) is 1. The molecule has 0 saturated carbocycles.